The third-order valence-electron chi connectivity index (χ3n) is 2.64. The molecule has 0 spiro atoms. The van der Waals surface area contributed by atoms with Crippen molar-refractivity contribution < 1.29 is 41.4 Å². The maximum Gasteiger partial charge on any atom is 0.341 e. The molecule has 2 rings (SSSR count). The first-order chi connectivity index (χ1) is 9.06. The molecule has 0 radical (unpaired) electrons. The molecular formula is C14H12BrNO4. The molecule has 6 heteroatoms. The lowest BCUT2D eigenvalue weighted by Gasteiger charge is -2.00. The van der Waals surface area contributed by atoms with Crippen molar-refractivity contribution in [2.75, 3.05) is 0 Å². The first-order valence-electron chi connectivity index (χ1n) is 5.61. The third kappa shape index (κ3) is 3.89. The van der Waals surface area contributed by atoms with Crippen LogP contribution in [-0.4, -0.2) is 22.2 Å². The predicted octanol–water partition coefficient (Wildman–Crippen LogP) is -1.58. The monoisotopic (exact) mass is 337 g/mol. The maximum atomic E-state index is 10.9. The Morgan fingerprint density at radius 1 is 1.00 bits per heavy atom. The van der Waals surface area contributed by atoms with Crippen molar-refractivity contribution >= 4 is 11.9 Å². The minimum atomic E-state index is -0.992. The van der Waals surface area contributed by atoms with Gasteiger partial charge in [-0.3, -0.25) is 0 Å². The molecule has 1 heterocycles. The van der Waals surface area contributed by atoms with Gasteiger partial charge in [-0.2, -0.15) is 4.57 Å². The van der Waals surface area contributed by atoms with Crippen LogP contribution in [0.25, 0.3) is 0 Å². The number of carboxylic acids is 2. The summed E-state index contributed by atoms with van der Waals surface area (Å²) in [5, 5.41) is 17.8. The van der Waals surface area contributed by atoms with Gasteiger partial charge in [0.15, 0.2) is 18.9 Å². The van der Waals surface area contributed by atoms with Crippen LogP contribution in [-0.2, 0) is 6.54 Å². The molecule has 0 saturated carbocycles. The Morgan fingerprint density at radius 2 is 1.65 bits per heavy atom. The standard InChI is InChI=1S/C14H11NO4.BrH/c16-13(17)11-4-1-3-10(7-11)8-15-6-2-5-12(9-15)14(18)19;/h1-7,9H,8H2,(H-,16,17,18,19);1H. The molecule has 1 aromatic carbocycles. The van der Waals surface area contributed by atoms with Gasteiger partial charge in [-0.05, 0) is 18.2 Å². The molecule has 0 aliphatic carbocycles. The fraction of sp³-hybridized carbons (Fsp3) is 0.0714. The van der Waals surface area contributed by atoms with E-state index in [9.17, 15) is 9.59 Å². The van der Waals surface area contributed by atoms with Crippen LogP contribution >= 0.6 is 0 Å². The van der Waals surface area contributed by atoms with E-state index in [4.69, 9.17) is 10.2 Å². The van der Waals surface area contributed by atoms with Crippen LogP contribution in [0.5, 0.6) is 0 Å². The molecule has 104 valence electrons. The van der Waals surface area contributed by atoms with Crippen molar-refractivity contribution in [2.24, 2.45) is 0 Å². The first kappa shape index (κ1) is 15.8. The third-order valence-corrected chi connectivity index (χ3v) is 2.64. The Morgan fingerprint density at radius 3 is 2.30 bits per heavy atom. The number of carbonyl (C=O) groups is 2. The van der Waals surface area contributed by atoms with Gasteiger partial charge in [0.2, 0.25) is 0 Å². The second-order valence-electron chi connectivity index (χ2n) is 4.08. The van der Waals surface area contributed by atoms with Gasteiger partial charge < -0.3 is 27.2 Å². The summed E-state index contributed by atoms with van der Waals surface area (Å²) >= 11 is 0. The first-order valence-corrected chi connectivity index (χ1v) is 5.61. The Labute approximate surface area is 125 Å². The molecule has 2 aromatic rings. The number of halogens is 1. The number of aromatic nitrogens is 1. The molecule has 0 bridgehead atoms. The van der Waals surface area contributed by atoms with Crippen molar-refractivity contribution in [3.05, 3.63) is 65.5 Å². The molecule has 1 aromatic heterocycles. The summed E-state index contributed by atoms with van der Waals surface area (Å²) in [5.41, 5.74) is 1.21. The number of rotatable bonds is 4. The second kappa shape index (κ2) is 6.81. The van der Waals surface area contributed by atoms with E-state index in [1.807, 2.05) is 0 Å². The lowest BCUT2D eigenvalue weighted by atomic mass is 10.1. The number of benzene rings is 1. The number of hydrogen-bond acceptors (Lipinski definition) is 2. The van der Waals surface area contributed by atoms with E-state index < -0.39 is 11.9 Å². The molecule has 5 nitrogen and oxygen atoms in total. The molecule has 0 unspecified atom stereocenters. The van der Waals surface area contributed by atoms with Gasteiger partial charge >= 0.3 is 11.9 Å². The largest absolute Gasteiger partial charge is 1.00 e. The quantitative estimate of drug-likeness (QED) is 0.660. The summed E-state index contributed by atoms with van der Waals surface area (Å²) in [4.78, 5) is 21.7. The lowest BCUT2D eigenvalue weighted by Crippen LogP contribution is -3.00. The van der Waals surface area contributed by atoms with Gasteiger partial charge in [-0.1, -0.05) is 12.1 Å². The zero-order chi connectivity index (χ0) is 13.8. The normalized spacial score (nSPS) is 9.60. The van der Waals surface area contributed by atoms with E-state index in [0.29, 0.717) is 6.54 Å². The van der Waals surface area contributed by atoms with Crippen molar-refractivity contribution in [3.63, 3.8) is 0 Å². The zero-order valence-corrected chi connectivity index (χ0v) is 11.9. The van der Waals surface area contributed by atoms with E-state index in [1.54, 1.807) is 35.0 Å². The van der Waals surface area contributed by atoms with Crippen molar-refractivity contribution in [1.82, 2.24) is 0 Å². The molecule has 0 fully saturated rings. The summed E-state index contributed by atoms with van der Waals surface area (Å²) < 4.78 is 1.70. The Bertz CT molecular complexity index is 587. The van der Waals surface area contributed by atoms with E-state index in [2.05, 4.69) is 0 Å². The fourth-order valence-corrected chi connectivity index (χ4v) is 1.76. The predicted molar refractivity (Wildman–Crippen MR) is 66.1 cm³/mol. The summed E-state index contributed by atoms with van der Waals surface area (Å²) in [7, 11) is 0. The topological polar surface area (TPSA) is 78.5 Å². The van der Waals surface area contributed by atoms with E-state index >= 15 is 0 Å². The van der Waals surface area contributed by atoms with Crippen LogP contribution in [0, 0.1) is 0 Å². The highest BCUT2D eigenvalue weighted by Crippen LogP contribution is 2.05. The summed E-state index contributed by atoms with van der Waals surface area (Å²) in [6.07, 6.45) is 3.25. The smallest absolute Gasteiger partial charge is 0.341 e. The highest BCUT2D eigenvalue weighted by Gasteiger charge is 2.10. The van der Waals surface area contributed by atoms with Crippen LogP contribution in [0.15, 0.2) is 48.8 Å². The van der Waals surface area contributed by atoms with E-state index in [-0.39, 0.29) is 28.1 Å². The molecule has 20 heavy (non-hydrogen) atoms. The average molecular weight is 338 g/mol. The molecule has 0 saturated heterocycles. The summed E-state index contributed by atoms with van der Waals surface area (Å²) in [6, 6.07) is 9.71. The Balaban J connectivity index is 0.00000200. The van der Waals surface area contributed by atoms with E-state index in [0.717, 1.165) is 5.56 Å². The Kier molecular flexibility index (Phi) is 5.40. The van der Waals surface area contributed by atoms with Crippen LogP contribution in [0.1, 0.15) is 26.3 Å². The number of hydrogen-bond donors (Lipinski definition) is 2. The number of carboxylic acid groups (broad SMARTS) is 2. The minimum absolute atomic E-state index is 0. The van der Waals surface area contributed by atoms with Crippen molar-refractivity contribution in [2.45, 2.75) is 6.54 Å². The number of nitrogens with zero attached hydrogens (tertiary/aromatic N) is 1. The van der Waals surface area contributed by atoms with E-state index in [1.165, 1.54) is 18.3 Å². The molecule has 2 N–H and O–H groups in total. The van der Waals surface area contributed by atoms with Gasteiger partial charge in [-0.15, -0.1) is 0 Å². The van der Waals surface area contributed by atoms with Gasteiger partial charge in [0.25, 0.3) is 0 Å². The highest BCUT2D eigenvalue weighted by atomic mass is 79.9. The summed E-state index contributed by atoms with van der Waals surface area (Å²) in [5.74, 6) is -1.97. The number of aromatic carboxylic acids is 2. The van der Waals surface area contributed by atoms with Crippen LogP contribution in [0.3, 0.4) is 0 Å². The van der Waals surface area contributed by atoms with Gasteiger partial charge in [0.1, 0.15) is 5.56 Å². The molecule has 0 amide bonds. The van der Waals surface area contributed by atoms with Gasteiger partial charge in [0.05, 0.1) is 5.56 Å². The molecule has 0 atom stereocenters. The lowest BCUT2D eigenvalue weighted by molar-refractivity contribution is -0.688. The zero-order valence-electron chi connectivity index (χ0n) is 10.4. The molecule has 0 aliphatic rings. The van der Waals surface area contributed by atoms with Crippen LogP contribution < -0.4 is 21.5 Å². The minimum Gasteiger partial charge on any atom is -1.00 e. The Hall–Kier alpha value is -2.21. The van der Waals surface area contributed by atoms with Gasteiger partial charge in [0, 0.05) is 11.6 Å². The van der Waals surface area contributed by atoms with Crippen LogP contribution in [0.2, 0.25) is 0 Å². The SMILES string of the molecule is O=C(O)c1cccc(C[n+]2cccc(C(=O)O)c2)c1.[Br-]. The van der Waals surface area contributed by atoms with Crippen molar-refractivity contribution in [3.8, 4) is 0 Å². The average Bonchev–Trinajstić information content (AvgIpc) is 2.39. The molecule has 0 aliphatic heterocycles. The van der Waals surface area contributed by atoms with Gasteiger partial charge in [-0.25, -0.2) is 9.59 Å². The van der Waals surface area contributed by atoms with Crippen molar-refractivity contribution in [1.29, 1.82) is 0 Å². The highest BCUT2D eigenvalue weighted by molar-refractivity contribution is 5.87. The molecular weight excluding hydrogens is 326 g/mol. The number of pyridine rings is 1. The van der Waals surface area contributed by atoms with Crippen LogP contribution in [0.4, 0.5) is 0 Å². The second-order valence-corrected chi connectivity index (χ2v) is 4.08. The fourth-order valence-electron chi connectivity index (χ4n) is 1.76. The summed E-state index contributed by atoms with van der Waals surface area (Å²) in [6.45, 7) is 0.419. The maximum absolute atomic E-state index is 10.9.